The molecule has 3 heterocycles. The van der Waals surface area contributed by atoms with Gasteiger partial charge in [0.1, 0.15) is 5.76 Å². The van der Waals surface area contributed by atoms with E-state index in [-0.39, 0.29) is 17.9 Å². The molecule has 1 N–H and O–H groups in total. The van der Waals surface area contributed by atoms with Crippen molar-refractivity contribution in [1.29, 1.82) is 0 Å². The van der Waals surface area contributed by atoms with Gasteiger partial charge in [-0.15, -0.1) is 0 Å². The Balaban J connectivity index is 1.42. The molecule has 1 atom stereocenters. The number of carbonyl (C=O) groups excluding carboxylic acids is 2. The van der Waals surface area contributed by atoms with Gasteiger partial charge in [-0.3, -0.25) is 19.4 Å². The minimum Gasteiger partial charge on any atom is -0.360 e. The molecule has 0 aliphatic carbocycles. The second-order valence-electron chi connectivity index (χ2n) is 6.89. The Morgan fingerprint density at radius 1 is 1.20 bits per heavy atom. The minimum atomic E-state index is -0.0945. The third kappa shape index (κ3) is 4.58. The third-order valence-corrected chi connectivity index (χ3v) is 4.99. The zero-order valence-electron chi connectivity index (χ0n) is 15.0. The van der Waals surface area contributed by atoms with Crippen LogP contribution in [0.1, 0.15) is 25.5 Å². The van der Waals surface area contributed by atoms with Crippen molar-refractivity contribution >= 4 is 17.6 Å². The predicted octanol–water partition coefficient (Wildman–Crippen LogP) is 0.550. The van der Waals surface area contributed by atoms with Gasteiger partial charge >= 0.3 is 0 Å². The Labute approximate surface area is 148 Å². The first-order chi connectivity index (χ1) is 12.0. The smallest absolute Gasteiger partial charge is 0.239 e. The van der Waals surface area contributed by atoms with Gasteiger partial charge in [0.15, 0.2) is 5.82 Å². The average Bonchev–Trinajstić information content (AvgIpc) is 3.26. The Morgan fingerprint density at radius 3 is 2.48 bits per heavy atom. The number of rotatable bonds is 5. The Kier molecular flexibility index (Phi) is 5.70. The van der Waals surface area contributed by atoms with E-state index in [4.69, 9.17) is 4.52 Å². The van der Waals surface area contributed by atoms with Crippen molar-refractivity contribution in [3.05, 3.63) is 11.8 Å². The second-order valence-corrected chi connectivity index (χ2v) is 6.89. The molecule has 0 saturated carbocycles. The summed E-state index contributed by atoms with van der Waals surface area (Å²) in [4.78, 5) is 30.9. The highest BCUT2D eigenvalue weighted by atomic mass is 16.5. The van der Waals surface area contributed by atoms with Gasteiger partial charge in [-0.25, -0.2) is 0 Å². The van der Waals surface area contributed by atoms with E-state index in [0.717, 1.165) is 52.1 Å². The van der Waals surface area contributed by atoms with E-state index in [1.165, 1.54) is 0 Å². The lowest BCUT2D eigenvalue weighted by atomic mass is 10.2. The van der Waals surface area contributed by atoms with Crippen LogP contribution in [0.5, 0.6) is 0 Å². The SMILES string of the molecule is Cc1cc(NC(=O)CN2CCN(C(C)C(=O)N3CCCC3)CC2)no1. The fraction of sp³-hybridized carbons (Fsp3) is 0.706. The molecule has 8 heteroatoms. The maximum atomic E-state index is 12.5. The highest BCUT2D eigenvalue weighted by Gasteiger charge is 2.30. The van der Waals surface area contributed by atoms with E-state index in [0.29, 0.717) is 18.1 Å². The molecule has 2 aliphatic heterocycles. The van der Waals surface area contributed by atoms with Gasteiger partial charge in [-0.05, 0) is 26.7 Å². The van der Waals surface area contributed by atoms with Crippen LogP contribution in [0.25, 0.3) is 0 Å². The van der Waals surface area contributed by atoms with E-state index < -0.39 is 0 Å². The maximum Gasteiger partial charge on any atom is 0.239 e. The standard InChI is InChI=1S/C17H27N5O3/c1-13-11-15(19-25-13)18-16(23)12-20-7-9-21(10-8-20)14(2)17(24)22-5-3-4-6-22/h11,14H,3-10,12H2,1-2H3,(H,18,19,23). The molecule has 0 radical (unpaired) electrons. The van der Waals surface area contributed by atoms with Crippen molar-refractivity contribution in [3.8, 4) is 0 Å². The second kappa shape index (κ2) is 7.97. The molecule has 2 saturated heterocycles. The number of piperazine rings is 1. The number of amides is 2. The quantitative estimate of drug-likeness (QED) is 0.836. The number of aromatic nitrogens is 1. The largest absolute Gasteiger partial charge is 0.360 e. The van der Waals surface area contributed by atoms with Gasteiger partial charge < -0.3 is 14.7 Å². The molecule has 1 aromatic heterocycles. The predicted molar refractivity (Wildman–Crippen MR) is 93.2 cm³/mol. The van der Waals surface area contributed by atoms with Crippen molar-refractivity contribution < 1.29 is 14.1 Å². The summed E-state index contributed by atoms with van der Waals surface area (Å²) in [5.41, 5.74) is 0. The van der Waals surface area contributed by atoms with Crippen molar-refractivity contribution in [1.82, 2.24) is 19.9 Å². The number of hydrogen-bond acceptors (Lipinski definition) is 6. The first-order valence-electron chi connectivity index (χ1n) is 9.01. The molecule has 3 rings (SSSR count). The fourth-order valence-electron chi connectivity index (χ4n) is 3.48. The molecule has 25 heavy (non-hydrogen) atoms. The van der Waals surface area contributed by atoms with Crippen LogP contribution in [0.2, 0.25) is 0 Å². The number of carbonyl (C=O) groups is 2. The van der Waals surface area contributed by atoms with Crippen LogP contribution in [-0.4, -0.2) is 83.5 Å². The van der Waals surface area contributed by atoms with Gasteiger partial charge in [-0.2, -0.15) is 0 Å². The van der Waals surface area contributed by atoms with Crippen LogP contribution in [0, 0.1) is 6.92 Å². The van der Waals surface area contributed by atoms with Crippen LogP contribution in [0.15, 0.2) is 10.6 Å². The summed E-state index contributed by atoms with van der Waals surface area (Å²) in [5, 5.41) is 6.50. The molecule has 0 aromatic carbocycles. The van der Waals surface area contributed by atoms with E-state index in [1.807, 2.05) is 11.8 Å². The number of likely N-dealkylation sites (tertiary alicyclic amines) is 1. The summed E-state index contributed by atoms with van der Waals surface area (Å²) in [6, 6.07) is 1.62. The van der Waals surface area contributed by atoms with Crippen molar-refractivity contribution in [3.63, 3.8) is 0 Å². The Morgan fingerprint density at radius 2 is 1.88 bits per heavy atom. The molecule has 1 unspecified atom stereocenters. The van der Waals surface area contributed by atoms with Gasteiger partial charge in [0.25, 0.3) is 0 Å². The lowest BCUT2D eigenvalue weighted by Gasteiger charge is -2.38. The number of anilines is 1. The summed E-state index contributed by atoms with van der Waals surface area (Å²) in [7, 11) is 0. The van der Waals surface area contributed by atoms with Crippen LogP contribution < -0.4 is 5.32 Å². The van der Waals surface area contributed by atoms with Gasteiger partial charge in [0.05, 0.1) is 12.6 Å². The van der Waals surface area contributed by atoms with Crippen LogP contribution in [0.4, 0.5) is 5.82 Å². The first-order valence-corrected chi connectivity index (χ1v) is 9.01. The van der Waals surface area contributed by atoms with E-state index >= 15 is 0 Å². The fourth-order valence-corrected chi connectivity index (χ4v) is 3.48. The molecule has 0 bridgehead atoms. The molecular weight excluding hydrogens is 322 g/mol. The van der Waals surface area contributed by atoms with E-state index in [2.05, 4.69) is 20.3 Å². The monoisotopic (exact) mass is 349 g/mol. The maximum absolute atomic E-state index is 12.5. The highest BCUT2D eigenvalue weighted by molar-refractivity contribution is 5.91. The summed E-state index contributed by atoms with van der Waals surface area (Å²) in [5.74, 6) is 1.26. The average molecular weight is 349 g/mol. The number of nitrogens with zero attached hydrogens (tertiary/aromatic N) is 4. The molecule has 2 amide bonds. The topological polar surface area (TPSA) is 81.9 Å². The minimum absolute atomic E-state index is 0.0767. The van der Waals surface area contributed by atoms with E-state index in [9.17, 15) is 9.59 Å². The van der Waals surface area contributed by atoms with Crippen LogP contribution >= 0.6 is 0 Å². The highest BCUT2D eigenvalue weighted by Crippen LogP contribution is 2.14. The molecule has 2 fully saturated rings. The van der Waals surface area contributed by atoms with Gasteiger partial charge in [0, 0.05) is 45.3 Å². The van der Waals surface area contributed by atoms with Crippen molar-refractivity contribution in [2.75, 3.05) is 51.1 Å². The van der Waals surface area contributed by atoms with Crippen molar-refractivity contribution in [2.45, 2.75) is 32.7 Å². The molecule has 8 nitrogen and oxygen atoms in total. The number of hydrogen-bond donors (Lipinski definition) is 1. The molecule has 138 valence electrons. The zero-order valence-corrected chi connectivity index (χ0v) is 15.0. The van der Waals surface area contributed by atoms with Crippen LogP contribution in [-0.2, 0) is 9.59 Å². The number of nitrogens with one attached hydrogen (secondary N) is 1. The van der Waals surface area contributed by atoms with Gasteiger partial charge in [-0.1, -0.05) is 5.16 Å². The summed E-state index contributed by atoms with van der Waals surface area (Å²) >= 11 is 0. The van der Waals surface area contributed by atoms with E-state index in [1.54, 1.807) is 13.0 Å². The third-order valence-electron chi connectivity index (χ3n) is 4.99. The first kappa shape index (κ1) is 17.9. The van der Waals surface area contributed by atoms with Crippen molar-refractivity contribution in [2.24, 2.45) is 0 Å². The van der Waals surface area contributed by atoms with Gasteiger partial charge in [0.2, 0.25) is 11.8 Å². The molecule has 1 aromatic rings. The summed E-state index contributed by atoms with van der Waals surface area (Å²) < 4.78 is 4.94. The number of aryl methyl sites for hydroxylation is 1. The molecule has 0 spiro atoms. The normalized spacial score (nSPS) is 20.6. The zero-order chi connectivity index (χ0) is 17.8. The lowest BCUT2D eigenvalue weighted by molar-refractivity contribution is -0.136. The molecule has 2 aliphatic rings. The Hall–Kier alpha value is -1.93. The summed E-state index contributed by atoms with van der Waals surface area (Å²) in [6.45, 7) is 9.06. The lowest BCUT2D eigenvalue weighted by Crippen LogP contribution is -2.55. The molecular formula is C17H27N5O3. The Bertz CT molecular complexity index is 603. The van der Waals surface area contributed by atoms with Crippen LogP contribution in [0.3, 0.4) is 0 Å². The summed E-state index contributed by atoms with van der Waals surface area (Å²) in [6.07, 6.45) is 2.23.